The molecule has 0 fully saturated rings. The Hall–Kier alpha value is -3.66. The van der Waals surface area contributed by atoms with Crippen LogP contribution in [0.2, 0.25) is 0 Å². The molecule has 0 saturated carbocycles. The predicted octanol–water partition coefficient (Wildman–Crippen LogP) is 2.51. The Labute approximate surface area is 137 Å². The Kier molecular flexibility index (Phi) is 3.95. The minimum Gasteiger partial charge on any atom is -0.497 e. The van der Waals surface area contributed by atoms with Crippen LogP contribution < -0.4 is 4.74 Å². The van der Waals surface area contributed by atoms with E-state index < -0.39 is 5.97 Å². The molecule has 0 saturated heterocycles. The summed E-state index contributed by atoms with van der Waals surface area (Å²) >= 11 is 0. The van der Waals surface area contributed by atoms with E-state index >= 15 is 0 Å². The van der Waals surface area contributed by atoms with Crippen molar-refractivity contribution >= 4 is 5.97 Å². The highest BCUT2D eigenvalue weighted by Gasteiger charge is 2.11. The van der Waals surface area contributed by atoms with Crippen molar-refractivity contribution < 1.29 is 14.6 Å². The number of carboxylic acid groups (broad SMARTS) is 1. The van der Waals surface area contributed by atoms with E-state index in [2.05, 4.69) is 16.2 Å². The van der Waals surface area contributed by atoms with Gasteiger partial charge in [0.1, 0.15) is 5.75 Å². The number of aromatic nitrogens is 3. The first-order valence-electron chi connectivity index (χ1n) is 6.95. The first-order chi connectivity index (χ1) is 11.6. The third kappa shape index (κ3) is 2.80. The zero-order chi connectivity index (χ0) is 17.1. The van der Waals surface area contributed by atoms with Gasteiger partial charge < -0.3 is 9.84 Å². The number of ether oxygens (including phenoxy) is 1. The highest BCUT2D eigenvalue weighted by atomic mass is 16.5. The van der Waals surface area contributed by atoms with Crippen LogP contribution in [0.4, 0.5) is 0 Å². The Bertz CT molecular complexity index is 939. The van der Waals surface area contributed by atoms with Crippen LogP contribution in [0.25, 0.3) is 16.9 Å². The van der Waals surface area contributed by atoms with Crippen LogP contribution in [0.3, 0.4) is 0 Å². The molecule has 24 heavy (non-hydrogen) atoms. The number of hydrogen-bond donors (Lipinski definition) is 1. The summed E-state index contributed by atoms with van der Waals surface area (Å²) in [6, 6.07) is 11.0. The van der Waals surface area contributed by atoms with Crippen LogP contribution >= 0.6 is 0 Å². The molecule has 0 bridgehead atoms. The number of benzene rings is 1. The van der Waals surface area contributed by atoms with Crippen molar-refractivity contribution in [3.63, 3.8) is 0 Å². The molecule has 0 unspecified atom stereocenters. The fourth-order valence-electron chi connectivity index (χ4n) is 2.22. The number of carbonyl (C=O) groups is 1. The Balaban J connectivity index is 2.01. The second kappa shape index (κ2) is 6.22. The summed E-state index contributed by atoms with van der Waals surface area (Å²) in [7, 11) is 1.58. The highest BCUT2D eigenvalue weighted by molar-refractivity contribution is 5.87. The predicted molar refractivity (Wildman–Crippen MR) is 85.0 cm³/mol. The molecule has 3 aromatic rings. The maximum absolute atomic E-state index is 10.9. The van der Waals surface area contributed by atoms with Crippen molar-refractivity contribution in [2.24, 2.45) is 0 Å². The molecule has 1 aromatic carbocycles. The van der Waals surface area contributed by atoms with Gasteiger partial charge in [-0.25, -0.2) is 14.5 Å². The lowest BCUT2D eigenvalue weighted by Gasteiger charge is -2.07. The molecule has 0 aliphatic carbocycles. The summed E-state index contributed by atoms with van der Waals surface area (Å²) in [6.45, 7) is 0. The van der Waals surface area contributed by atoms with Crippen molar-refractivity contribution in [1.29, 1.82) is 5.26 Å². The summed E-state index contributed by atoms with van der Waals surface area (Å²) < 4.78 is 6.44. The summed E-state index contributed by atoms with van der Waals surface area (Å²) in [4.78, 5) is 15.2. The normalized spacial score (nSPS) is 10.2. The van der Waals surface area contributed by atoms with Gasteiger partial charge in [0.25, 0.3) is 0 Å². The average Bonchev–Trinajstić information content (AvgIpc) is 3.12. The van der Waals surface area contributed by atoms with Gasteiger partial charge >= 0.3 is 5.97 Å². The zero-order valence-corrected chi connectivity index (χ0v) is 12.7. The van der Waals surface area contributed by atoms with E-state index in [1.54, 1.807) is 31.5 Å². The van der Waals surface area contributed by atoms with Gasteiger partial charge in [-0.1, -0.05) is 12.1 Å². The maximum atomic E-state index is 10.9. The van der Waals surface area contributed by atoms with Gasteiger partial charge in [0.05, 0.1) is 30.5 Å². The van der Waals surface area contributed by atoms with E-state index in [1.165, 1.54) is 17.1 Å². The lowest BCUT2D eigenvalue weighted by atomic mass is 10.0. The summed E-state index contributed by atoms with van der Waals surface area (Å²) in [5, 5.41) is 22.3. The van der Waals surface area contributed by atoms with Crippen LogP contribution in [0.5, 0.6) is 5.75 Å². The SMILES string of the molecule is COc1ccc(-c2cnc(-n3cc(C(=O)O)cn3)cc2C#N)cc1. The van der Waals surface area contributed by atoms with Crippen LogP contribution in [0.15, 0.2) is 48.9 Å². The number of hydrogen-bond acceptors (Lipinski definition) is 5. The molecule has 7 heteroatoms. The lowest BCUT2D eigenvalue weighted by molar-refractivity contribution is 0.0697. The van der Waals surface area contributed by atoms with E-state index in [4.69, 9.17) is 9.84 Å². The van der Waals surface area contributed by atoms with Crippen LogP contribution in [-0.2, 0) is 0 Å². The van der Waals surface area contributed by atoms with Gasteiger partial charge in [0.2, 0.25) is 0 Å². The molecule has 1 N–H and O–H groups in total. The first kappa shape index (κ1) is 15.2. The van der Waals surface area contributed by atoms with Crippen molar-refractivity contribution in [3.05, 3.63) is 60.0 Å². The average molecular weight is 320 g/mol. The number of aromatic carboxylic acids is 1. The molecule has 0 atom stereocenters. The molecular formula is C17H12N4O3. The number of carboxylic acids is 1. The van der Waals surface area contributed by atoms with Gasteiger partial charge in [-0.3, -0.25) is 0 Å². The third-order valence-electron chi connectivity index (χ3n) is 3.48. The second-order valence-electron chi connectivity index (χ2n) is 4.91. The number of nitriles is 1. The molecule has 0 radical (unpaired) electrons. The van der Waals surface area contributed by atoms with Crippen LogP contribution in [-0.4, -0.2) is 33.0 Å². The van der Waals surface area contributed by atoms with Gasteiger partial charge in [-0.2, -0.15) is 10.4 Å². The number of rotatable bonds is 4. The minimum atomic E-state index is -1.07. The molecular weight excluding hydrogens is 308 g/mol. The third-order valence-corrected chi connectivity index (χ3v) is 3.48. The molecule has 3 rings (SSSR count). The molecule has 7 nitrogen and oxygen atoms in total. The molecule has 2 heterocycles. The summed E-state index contributed by atoms with van der Waals surface area (Å²) in [5.74, 6) is 0.0208. The first-order valence-corrected chi connectivity index (χ1v) is 6.95. The lowest BCUT2D eigenvalue weighted by Crippen LogP contribution is -2.00. The van der Waals surface area contributed by atoms with E-state index in [-0.39, 0.29) is 5.56 Å². The number of nitrogens with zero attached hydrogens (tertiary/aromatic N) is 4. The van der Waals surface area contributed by atoms with Crippen LogP contribution in [0, 0.1) is 11.3 Å². The number of methoxy groups -OCH3 is 1. The largest absolute Gasteiger partial charge is 0.497 e. The van der Waals surface area contributed by atoms with Crippen molar-refractivity contribution in [2.45, 2.75) is 0 Å². The van der Waals surface area contributed by atoms with E-state index in [9.17, 15) is 10.1 Å². The zero-order valence-electron chi connectivity index (χ0n) is 12.7. The van der Waals surface area contributed by atoms with Crippen LogP contribution in [0.1, 0.15) is 15.9 Å². The van der Waals surface area contributed by atoms with E-state index in [0.29, 0.717) is 16.9 Å². The highest BCUT2D eigenvalue weighted by Crippen LogP contribution is 2.26. The Morgan fingerprint density at radius 2 is 2.04 bits per heavy atom. The quantitative estimate of drug-likeness (QED) is 0.792. The molecule has 118 valence electrons. The second-order valence-corrected chi connectivity index (χ2v) is 4.91. The van der Waals surface area contributed by atoms with E-state index in [1.807, 2.05) is 12.1 Å². The monoisotopic (exact) mass is 320 g/mol. The minimum absolute atomic E-state index is 0.0505. The van der Waals surface area contributed by atoms with E-state index in [0.717, 1.165) is 11.3 Å². The van der Waals surface area contributed by atoms with Gasteiger partial charge in [0.15, 0.2) is 5.82 Å². The Morgan fingerprint density at radius 3 is 2.62 bits per heavy atom. The molecule has 0 aliphatic heterocycles. The van der Waals surface area contributed by atoms with Crippen molar-refractivity contribution in [1.82, 2.24) is 14.8 Å². The van der Waals surface area contributed by atoms with Gasteiger partial charge in [-0.15, -0.1) is 0 Å². The standard InChI is InChI=1S/C17H12N4O3/c1-24-14-4-2-11(3-5-14)15-9-19-16(6-12(15)7-18)21-10-13(8-20-21)17(22)23/h2-6,8-10H,1H3,(H,22,23). The molecule has 2 aromatic heterocycles. The number of pyridine rings is 1. The molecule has 0 amide bonds. The summed E-state index contributed by atoms with van der Waals surface area (Å²) in [6.07, 6.45) is 4.14. The molecule has 0 spiro atoms. The van der Waals surface area contributed by atoms with Gasteiger partial charge in [-0.05, 0) is 17.7 Å². The summed E-state index contributed by atoms with van der Waals surface area (Å²) in [5.41, 5.74) is 1.97. The molecule has 0 aliphatic rings. The maximum Gasteiger partial charge on any atom is 0.338 e. The smallest absolute Gasteiger partial charge is 0.338 e. The van der Waals surface area contributed by atoms with Crippen molar-refractivity contribution in [2.75, 3.05) is 7.11 Å². The van der Waals surface area contributed by atoms with Crippen molar-refractivity contribution in [3.8, 4) is 28.8 Å². The van der Waals surface area contributed by atoms with Gasteiger partial charge in [0, 0.05) is 24.0 Å². The topological polar surface area (TPSA) is 101 Å². The Morgan fingerprint density at radius 1 is 1.29 bits per heavy atom. The fraction of sp³-hybridized carbons (Fsp3) is 0.0588. The fourth-order valence-corrected chi connectivity index (χ4v) is 2.22.